The normalized spacial score (nSPS) is 10.4. The van der Waals surface area contributed by atoms with E-state index >= 15 is 0 Å². The zero-order valence-corrected chi connectivity index (χ0v) is 9.37. The van der Waals surface area contributed by atoms with E-state index in [2.05, 4.69) is 10.4 Å². The third-order valence-corrected chi connectivity index (χ3v) is 2.62. The first-order valence-electron chi connectivity index (χ1n) is 5.15. The molecule has 1 aromatic carbocycles. The van der Waals surface area contributed by atoms with Crippen molar-refractivity contribution in [2.24, 2.45) is 0 Å². The minimum Gasteiger partial charge on any atom is -0.385 e. The van der Waals surface area contributed by atoms with Crippen molar-refractivity contribution >= 4 is 5.69 Å². The molecule has 1 heterocycles. The third-order valence-electron chi connectivity index (χ3n) is 2.62. The van der Waals surface area contributed by atoms with Crippen LogP contribution in [0.15, 0.2) is 30.5 Å². The first kappa shape index (κ1) is 10.7. The number of nitrogens with zero attached hydrogens (tertiary/aromatic N) is 2. The lowest BCUT2D eigenvalue weighted by atomic mass is 10.2. The molecule has 3 nitrogen and oxygen atoms in total. The second-order valence-corrected chi connectivity index (χ2v) is 3.68. The Hall–Kier alpha value is -1.84. The highest BCUT2D eigenvalue weighted by atomic mass is 19.1. The molecule has 0 bridgehead atoms. The number of hydrogen-bond acceptors (Lipinski definition) is 2. The van der Waals surface area contributed by atoms with Gasteiger partial charge in [0.05, 0.1) is 24.1 Å². The van der Waals surface area contributed by atoms with E-state index in [9.17, 15) is 4.39 Å². The molecule has 0 unspecified atom stereocenters. The van der Waals surface area contributed by atoms with E-state index < -0.39 is 0 Å². The zero-order valence-electron chi connectivity index (χ0n) is 9.37. The van der Waals surface area contributed by atoms with Gasteiger partial charge in [0.1, 0.15) is 5.82 Å². The predicted octanol–water partition coefficient (Wildman–Crippen LogP) is 2.42. The van der Waals surface area contributed by atoms with Crippen LogP contribution in [0.4, 0.5) is 10.1 Å². The van der Waals surface area contributed by atoms with Crippen molar-refractivity contribution in [2.75, 3.05) is 12.4 Å². The molecule has 0 saturated carbocycles. The fourth-order valence-corrected chi connectivity index (χ4v) is 1.61. The lowest BCUT2D eigenvalue weighted by molar-refractivity contribution is 0.623. The number of anilines is 1. The van der Waals surface area contributed by atoms with Gasteiger partial charge < -0.3 is 5.32 Å². The molecule has 0 aliphatic carbocycles. The van der Waals surface area contributed by atoms with Crippen LogP contribution in [0.3, 0.4) is 0 Å². The highest BCUT2D eigenvalue weighted by Crippen LogP contribution is 2.14. The Bertz CT molecular complexity index is 474. The Morgan fingerprint density at radius 3 is 2.56 bits per heavy atom. The second kappa shape index (κ2) is 4.35. The Morgan fingerprint density at radius 2 is 2.00 bits per heavy atom. The molecule has 0 fully saturated rings. The number of rotatable bonds is 3. The summed E-state index contributed by atoms with van der Waals surface area (Å²) >= 11 is 0. The fourth-order valence-electron chi connectivity index (χ4n) is 1.61. The monoisotopic (exact) mass is 219 g/mol. The van der Waals surface area contributed by atoms with Crippen molar-refractivity contribution in [3.63, 3.8) is 0 Å². The van der Waals surface area contributed by atoms with Crippen LogP contribution in [-0.4, -0.2) is 16.8 Å². The summed E-state index contributed by atoms with van der Waals surface area (Å²) in [7, 11) is 1.87. The fraction of sp³-hybridized carbons (Fsp3) is 0.250. The molecule has 0 spiro atoms. The Balaban J connectivity index is 2.20. The number of aromatic nitrogens is 2. The topological polar surface area (TPSA) is 29.9 Å². The minimum absolute atomic E-state index is 0.211. The van der Waals surface area contributed by atoms with Crippen molar-refractivity contribution in [3.05, 3.63) is 47.5 Å². The van der Waals surface area contributed by atoms with E-state index in [0.29, 0.717) is 6.54 Å². The molecular weight excluding hydrogens is 205 g/mol. The molecule has 1 N–H and O–H groups in total. The van der Waals surface area contributed by atoms with Gasteiger partial charge in [-0.15, -0.1) is 0 Å². The quantitative estimate of drug-likeness (QED) is 0.859. The summed E-state index contributed by atoms with van der Waals surface area (Å²) in [5.41, 5.74) is 3.13. The number of hydrogen-bond donors (Lipinski definition) is 1. The molecule has 0 amide bonds. The highest BCUT2D eigenvalue weighted by Gasteiger charge is 2.04. The number of nitrogens with one attached hydrogen (secondary N) is 1. The van der Waals surface area contributed by atoms with Gasteiger partial charge in [-0.2, -0.15) is 5.10 Å². The third kappa shape index (κ3) is 2.05. The van der Waals surface area contributed by atoms with Crippen molar-refractivity contribution in [3.8, 4) is 0 Å². The van der Waals surface area contributed by atoms with Crippen molar-refractivity contribution in [2.45, 2.75) is 13.5 Å². The average molecular weight is 219 g/mol. The smallest absolute Gasteiger partial charge is 0.123 e. The molecule has 0 aliphatic heterocycles. The van der Waals surface area contributed by atoms with E-state index in [-0.39, 0.29) is 5.82 Å². The van der Waals surface area contributed by atoms with Gasteiger partial charge in [0.2, 0.25) is 0 Å². The molecule has 16 heavy (non-hydrogen) atoms. The molecule has 0 atom stereocenters. The van der Waals surface area contributed by atoms with Crippen LogP contribution < -0.4 is 5.32 Å². The first-order chi connectivity index (χ1) is 7.70. The van der Waals surface area contributed by atoms with Crippen LogP contribution in [0.2, 0.25) is 0 Å². The maximum atomic E-state index is 12.7. The van der Waals surface area contributed by atoms with Gasteiger partial charge in [-0.3, -0.25) is 4.68 Å². The van der Waals surface area contributed by atoms with Crippen molar-refractivity contribution in [1.82, 2.24) is 9.78 Å². The summed E-state index contributed by atoms with van der Waals surface area (Å²) in [6.07, 6.45) is 1.79. The molecule has 2 aromatic rings. The maximum absolute atomic E-state index is 12.7. The van der Waals surface area contributed by atoms with Gasteiger partial charge in [-0.25, -0.2) is 4.39 Å². The molecule has 0 saturated heterocycles. The summed E-state index contributed by atoms with van der Waals surface area (Å²) in [4.78, 5) is 0. The SMILES string of the molecule is CNc1cnn(Cc2ccc(F)cc2)c1C. The lowest BCUT2D eigenvalue weighted by Crippen LogP contribution is -2.04. The summed E-state index contributed by atoms with van der Waals surface area (Å²) in [5.74, 6) is -0.211. The first-order valence-corrected chi connectivity index (χ1v) is 5.15. The van der Waals surface area contributed by atoms with Crippen LogP contribution in [0, 0.1) is 12.7 Å². The molecular formula is C12H14FN3. The van der Waals surface area contributed by atoms with Gasteiger partial charge in [0.15, 0.2) is 0 Å². The van der Waals surface area contributed by atoms with Gasteiger partial charge in [0, 0.05) is 7.05 Å². The Morgan fingerprint density at radius 1 is 1.31 bits per heavy atom. The standard InChI is InChI=1S/C12H14FN3/c1-9-12(14-2)7-15-16(9)8-10-3-5-11(13)6-4-10/h3-7,14H,8H2,1-2H3. The van der Waals surface area contributed by atoms with Crippen LogP contribution in [0.1, 0.15) is 11.3 Å². The van der Waals surface area contributed by atoms with Crippen molar-refractivity contribution in [1.29, 1.82) is 0 Å². The predicted molar refractivity (Wildman–Crippen MR) is 62.0 cm³/mol. The van der Waals surface area contributed by atoms with E-state index in [4.69, 9.17) is 0 Å². The summed E-state index contributed by atoms with van der Waals surface area (Å²) in [6, 6.07) is 6.48. The molecule has 0 radical (unpaired) electrons. The van der Waals surface area contributed by atoms with E-state index in [0.717, 1.165) is 16.9 Å². The average Bonchev–Trinajstić information content (AvgIpc) is 2.63. The number of halogens is 1. The van der Waals surface area contributed by atoms with Gasteiger partial charge in [0.25, 0.3) is 0 Å². The summed E-state index contributed by atoms with van der Waals surface area (Å²) < 4.78 is 14.6. The van der Waals surface area contributed by atoms with Gasteiger partial charge >= 0.3 is 0 Å². The van der Waals surface area contributed by atoms with Crippen LogP contribution >= 0.6 is 0 Å². The molecule has 2 rings (SSSR count). The molecule has 4 heteroatoms. The molecule has 0 aliphatic rings. The zero-order chi connectivity index (χ0) is 11.5. The van der Waals surface area contributed by atoms with Crippen molar-refractivity contribution < 1.29 is 4.39 Å². The van der Waals surface area contributed by atoms with Crippen LogP contribution in [0.25, 0.3) is 0 Å². The van der Waals surface area contributed by atoms with Gasteiger partial charge in [-0.1, -0.05) is 12.1 Å². The molecule has 84 valence electrons. The summed E-state index contributed by atoms with van der Waals surface area (Å²) in [6.45, 7) is 2.66. The van der Waals surface area contributed by atoms with Crippen LogP contribution in [0.5, 0.6) is 0 Å². The highest BCUT2D eigenvalue weighted by molar-refractivity contribution is 5.45. The van der Waals surface area contributed by atoms with E-state index in [1.807, 2.05) is 18.7 Å². The largest absolute Gasteiger partial charge is 0.385 e. The van der Waals surface area contributed by atoms with Gasteiger partial charge in [-0.05, 0) is 24.6 Å². The number of benzene rings is 1. The van der Waals surface area contributed by atoms with E-state index in [1.54, 1.807) is 18.3 Å². The lowest BCUT2D eigenvalue weighted by Gasteiger charge is -2.05. The Labute approximate surface area is 93.9 Å². The molecule has 1 aromatic heterocycles. The summed E-state index contributed by atoms with van der Waals surface area (Å²) in [5, 5.41) is 7.33. The maximum Gasteiger partial charge on any atom is 0.123 e. The Kier molecular flexibility index (Phi) is 2.90. The van der Waals surface area contributed by atoms with E-state index in [1.165, 1.54) is 12.1 Å². The van der Waals surface area contributed by atoms with Crippen LogP contribution in [-0.2, 0) is 6.54 Å². The second-order valence-electron chi connectivity index (χ2n) is 3.68. The minimum atomic E-state index is -0.211.